The second-order valence-corrected chi connectivity index (χ2v) is 5.98. The maximum atomic E-state index is 14.0. The number of aromatic nitrogens is 2. The van der Waals surface area contributed by atoms with Gasteiger partial charge in [0, 0.05) is 42.3 Å². The number of benzene rings is 1. The van der Waals surface area contributed by atoms with Crippen molar-refractivity contribution in [1.82, 2.24) is 9.97 Å². The molecule has 122 valence electrons. The highest BCUT2D eigenvalue weighted by molar-refractivity contribution is 6.31. The lowest BCUT2D eigenvalue weighted by atomic mass is 10.0. The quantitative estimate of drug-likeness (QED) is 0.833. The van der Waals surface area contributed by atoms with Gasteiger partial charge in [0.05, 0.1) is 12.3 Å². The Bertz CT molecular complexity index is 656. The van der Waals surface area contributed by atoms with Crippen LogP contribution in [0.3, 0.4) is 0 Å². The van der Waals surface area contributed by atoms with Crippen molar-refractivity contribution in [1.29, 1.82) is 0 Å². The first-order valence-corrected chi connectivity index (χ1v) is 8.14. The van der Waals surface area contributed by atoms with E-state index in [0.717, 1.165) is 24.5 Å². The van der Waals surface area contributed by atoms with Crippen LogP contribution in [-0.2, 0) is 11.3 Å². The van der Waals surface area contributed by atoms with Gasteiger partial charge < -0.3 is 9.64 Å². The number of rotatable bonds is 5. The van der Waals surface area contributed by atoms with Crippen molar-refractivity contribution in [2.75, 3.05) is 24.7 Å². The molecule has 1 aromatic heterocycles. The zero-order valence-corrected chi connectivity index (χ0v) is 13.8. The van der Waals surface area contributed by atoms with Crippen molar-refractivity contribution < 1.29 is 9.13 Å². The molecule has 6 heteroatoms. The summed E-state index contributed by atoms with van der Waals surface area (Å²) in [7, 11) is 0. The van der Waals surface area contributed by atoms with Crippen molar-refractivity contribution in [3.63, 3.8) is 0 Å². The monoisotopic (exact) mass is 335 g/mol. The molecule has 2 aromatic rings. The van der Waals surface area contributed by atoms with Gasteiger partial charge >= 0.3 is 0 Å². The second kappa shape index (κ2) is 7.23. The fourth-order valence-corrected chi connectivity index (χ4v) is 2.98. The average molecular weight is 336 g/mol. The molecule has 0 amide bonds. The number of hydrogen-bond donors (Lipinski definition) is 0. The van der Waals surface area contributed by atoms with Crippen molar-refractivity contribution in [2.45, 2.75) is 25.8 Å². The van der Waals surface area contributed by atoms with Crippen LogP contribution in [-0.4, -0.2) is 29.7 Å². The molecule has 0 spiro atoms. The fraction of sp³-hybridized carbons (Fsp3) is 0.412. The molecular formula is C17H19ClFN3O. The molecule has 0 bridgehead atoms. The van der Waals surface area contributed by atoms with E-state index in [0.29, 0.717) is 36.2 Å². The van der Waals surface area contributed by atoms with Gasteiger partial charge in [0.25, 0.3) is 0 Å². The van der Waals surface area contributed by atoms with Gasteiger partial charge in [0.2, 0.25) is 0 Å². The highest BCUT2D eigenvalue weighted by Gasteiger charge is 2.21. The molecule has 1 aliphatic rings. The Labute approximate surface area is 140 Å². The maximum absolute atomic E-state index is 14.0. The van der Waals surface area contributed by atoms with Crippen LogP contribution in [0.4, 0.5) is 10.2 Å². The van der Waals surface area contributed by atoms with Crippen LogP contribution in [0.25, 0.3) is 0 Å². The molecule has 3 rings (SSSR count). The van der Waals surface area contributed by atoms with Crippen LogP contribution in [0.15, 0.2) is 30.6 Å². The molecule has 0 aliphatic carbocycles. The summed E-state index contributed by atoms with van der Waals surface area (Å²) in [6.07, 6.45) is 2.54. The molecule has 4 nitrogen and oxygen atoms in total. The number of nitrogens with zero attached hydrogens (tertiary/aromatic N) is 3. The van der Waals surface area contributed by atoms with Crippen molar-refractivity contribution in [2.24, 2.45) is 0 Å². The molecular weight excluding hydrogens is 317 g/mol. The highest BCUT2D eigenvalue weighted by atomic mass is 35.5. The number of anilines is 1. The largest absolute Gasteiger partial charge is 0.381 e. The third kappa shape index (κ3) is 3.62. The molecule has 1 atom stereocenters. The van der Waals surface area contributed by atoms with Crippen LogP contribution in [0, 0.1) is 5.82 Å². The normalized spacial score (nSPS) is 17.4. The van der Waals surface area contributed by atoms with E-state index in [4.69, 9.17) is 16.3 Å². The topological polar surface area (TPSA) is 38.2 Å². The first-order valence-electron chi connectivity index (χ1n) is 7.76. The van der Waals surface area contributed by atoms with Gasteiger partial charge in [-0.25, -0.2) is 14.4 Å². The summed E-state index contributed by atoms with van der Waals surface area (Å²) in [6.45, 7) is 4.55. The molecule has 1 aromatic carbocycles. The third-order valence-electron chi connectivity index (χ3n) is 4.14. The van der Waals surface area contributed by atoms with E-state index < -0.39 is 0 Å². The van der Waals surface area contributed by atoms with Crippen LogP contribution < -0.4 is 4.90 Å². The number of hydrogen-bond acceptors (Lipinski definition) is 4. The highest BCUT2D eigenvalue weighted by Crippen LogP contribution is 2.27. The van der Waals surface area contributed by atoms with Gasteiger partial charge in [-0.3, -0.25) is 0 Å². The summed E-state index contributed by atoms with van der Waals surface area (Å²) >= 11 is 6.14. The van der Waals surface area contributed by atoms with Crippen LogP contribution in [0.1, 0.15) is 30.5 Å². The molecule has 0 saturated carbocycles. The zero-order chi connectivity index (χ0) is 16.2. The second-order valence-electron chi connectivity index (χ2n) is 5.58. The summed E-state index contributed by atoms with van der Waals surface area (Å²) in [6, 6.07) is 6.71. The minimum absolute atomic E-state index is 0.297. The Kier molecular flexibility index (Phi) is 5.08. The van der Waals surface area contributed by atoms with Crippen LogP contribution in [0.5, 0.6) is 0 Å². The summed E-state index contributed by atoms with van der Waals surface area (Å²) < 4.78 is 19.5. The molecule has 0 N–H and O–H groups in total. The Morgan fingerprint density at radius 3 is 2.96 bits per heavy atom. The average Bonchev–Trinajstić information content (AvgIpc) is 3.09. The number of ether oxygens (including phenoxy) is 1. The van der Waals surface area contributed by atoms with Crippen molar-refractivity contribution in [3.05, 3.63) is 52.7 Å². The summed E-state index contributed by atoms with van der Waals surface area (Å²) in [5.41, 5.74) is 1.46. The molecule has 1 saturated heterocycles. The van der Waals surface area contributed by atoms with Gasteiger partial charge in [-0.2, -0.15) is 0 Å². The van der Waals surface area contributed by atoms with Crippen LogP contribution in [0.2, 0.25) is 5.02 Å². The molecule has 1 aliphatic heterocycles. The minimum atomic E-state index is -0.297. The Morgan fingerprint density at radius 2 is 2.26 bits per heavy atom. The standard InChI is InChI=1S/C17H19ClFN3O/c1-2-22(9-13-14(18)4-3-5-15(13)19)17-8-16(20-11-21-17)12-6-7-23-10-12/h3-5,8,11-12H,2,6-7,9-10H2,1H3/t12-/m1/s1. The van der Waals surface area contributed by atoms with E-state index in [1.807, 2.05) is 17.9 Å². The van der Waals surface area contributed by atoms with Crippen molar-refractivity contribution >= 4 is 17.4 Å². The zero-order valence-electron chi connectivity index (χ0n) is 13.0. The Morgan fingerprint density at radius 1 is 1.39 bits per heavy atom. The van der Waals surface area contributed by atoms with E-state index >= 15 is 0 Å². The predicted octanol–water partition coefficient (Wildman–Crippen LogP) is 3.80. The van der Waals surface area contributed by atoms with Gasteiger partial charge in [0.15, 0.2) is 0 Å². The summed E-state index contributed by atoms with van der Waals surface area (Å²) in [5, 5.41) is 0.432. The fourth-order valence-electron chi connectivity index (χ4n) is 2.75. The minimum Gasteiger partial charge on any atom is -0.381 e. The summed E-state index contributed by atoms with van der Waals surface area (Å²) in [4.78, 5) is 10.7. The molecule has 23 heavy (non-hydrogen) atoms. The Balaban J connectivity index is 1.84. The van der Waals surface area contributed by atoms with E-state index in [1.54, 1.807) is 18.5 Å². The third-order valence-corrected chi connectivity index (χ3v) is 4.49. The summed E-state index contributed by atoms with van der Waals surface area (Å²) in [5.74, 6) is 0.797. The molecule has 0 radical (unpaired) electrons. The van der Waals surface area contributed by atoms with Gasteiger partial charge in [0.1, 0.15) is 18.0 Å². The van der Waals surface area contributed by atoms with Crippen molar-refractivity contribution in [3.8, 4) is 0 Å². The van der Waals surface area contributed by atoms with E-state index in [1.165, 1.54) is 6.07 Å². The Hall–Kier alpha value is -1.72. The smallest absolute Gasteiger partial charge is 0.132 e. The lowest BCUT2D eigenvalue weighted by molar-refractivity contribution is 0.193. The molecule has 1 fully saturated rings. The number of halogens is 2. The van der Waals surface area contributed by atoms with Crippen LogP contribution >= 0.6 is 11.6 Å². The van der Waals surface area contributed by atoms with E-state index in [-0.39, 0.29) is 5.82 Å². The SMILES string of the molecule is CCN(Cc1c(F)cccc1Cl)c1cc([C@@H]2CCOC2)ncn1. The lowest BCUT2D eigenvalue weighted by Crippen LogP contribution is -2.24. The van der Waals surface area contributed by atoms with E-state index in [9.17, 15) is 4.39 Å². The first kappa shape index (κ1) is 16.1. The predicted molar refractivity (Wildman–Crippen MR) is 88.3 cm³/mol. The molecule has 2 heterocycles. The maximum Gasteiger partial charge on any atom is 0.132 e. The van der Waals surface area contributed by atoms with Gasteiger partial charge in [-0.05, 0) is 25.5 Å². The van der Waals surface area contributed by atoms with E-state index in [2.05, 4.69) is 9.97 Å². The lowest BCUT2D eigenvalue weighted by Gasteiger charge is -2.23. The van der Waals surface area contributed by atoms with Gasteiger partial charge in [-0.1, -0.05) is 17.7 Å². The first-order chi connectivity index (χ1) is 11.2. The van der Waals surface area contributed by atoms with Gasteiger partial charge in [-0.15, -0.1) is 0 Å². The molecule has 0 unspecified atom stereocenters.